The Morgan fingerprint density at radius 2 is 1.94 bits per heavy atom. The van der Waals surface area contributed by atoms with Crippen molar-refractivity contribution in [3.63, 3.8) is 0 Å². The molecular formula is C23H18ClNO5S. The summed E-state index contributed by atoms with van der Waals surface area (Å²) >= 11 is 7.44. The highest BCUT2D eigenvalue weighted by Crippen LogP contribution is 2.46. The number of phenols is 1. The lowest BCUT2D eigenvalue weighted by atomic mass is 9.99. The molecule has 6 nitrogen and oxygen atoms in total. The van der Waals surface area contributed by atoms with Gasteiger partial charge in [-0.3, -0.25) is 14.5 Å². The Morgan fingerprint density at radius 1 is 1.16 bits per heavy atom. The zero-order chi connectivity index (χ0) is 22.3. The van der Waals surface area contributed by atoms with E-state index in [4.69, 9.17) is 16.3 Å². The van der Waals surface area contributed by atoms with E-state index in [1.165, 1.54) is 35.5 Å². The quantitative estimate of drug-likeness (QED) is 0.326. The number of carbonyl (C=O) groups is 2. The molecule has 1 fully saturated rings. The number of aromatic hydroxyl groups is 1. The smallest absolute Gasteiger partial charge is 0.300 e. The topological polar surface area (TPSA) is 87.1 Å². The van der Waals surface area contributed by atoms with Crippen LogP contribution in [0.25, 0.3) is 5.76 Å². The van der Waals surface area contributed by atoms with E-state index in [1.807, 2.05) is 12.3 Å². The molecule has 3 aromatic rings. The first-order valence-electron chi connectivity index (χ1n) is 9.31. The molecule has 8 heteroatoms. The first-order valence-corrected chi connectivity index (χ1v) is 10.6. The fourth-order valence-corrected chi connectivity index (χ4v) is 4.63. The van der Waals surface area contributed by atoms with Crippen molar-refractivity contribution in [3.05, 3.63) is 80.5 Å². The van der Waals surface area contributed by atoms with E-state index in [2.05, 4.69) is 0 Å². The van der Waals surface area contributed by atoms with Crippen LogP contribution in [-0.2, 0) is 9.59 Å². The molecular weight excluding hydrogens is 438 g/mol. The monoisotopic (exact) mass is 455 g/mol. The van der Waals surface area contributed by atoms with E-state index in [1.54, 1.807) is 36.4 Å². The van der Waals surface area contributed by atoms with Gasteiger partial charge in [0.25, 0.3) is 11.7 Å². The summed E-state index contributed by atoms with van der Waals surface area (Å²) in [4.78, 5) is 28.1. The third-order valence-electron chi connectivity index (χ3n) is 5.06. The number of rotatable bonds is 4. The molecule has 1 saturated heterocycles. The van der Waals surface area contributed by atoms with Gasteiger partial charge < -0.3 is 14.9 Å². The Hall–Kier alpha value is -3.29. The van der Waals surface area contributed by atoms with Gasteiger partial charge in [-0.2, -0.15) is 0 Å². The van der Waals surface area contributed by atoms with Gasteiger partial charge in [0.2, 0.25) is 0 Å². The third-order valence-corrected chi connectivity index (χ3v) is 6.22. The minimum absolute atomic E-state index is 0.103. The number of methoxy groups -OCH3 is 1. The molecule has 1 atom stereocenters. The van der Waals surface area contributed by atoms with Gasteiger partial charge in [-0.05, 0) is 54.3 Å². The summed E-state index contributed by atoms with van der Waals surface area (Å²) in [6.45, 7) is 1.82. The van der Waals surface area contributed by atoms with E-state index in [9.17, 15) is 19.8 Å². The zero-order valence-corrected chi connectivity index (χ0v) is 18.2. The minimum Gasteiger partial charge on any atom is -0.507 e. The average molecular weight is 456 g/mol. The summed E-state index contributed by atoms with van der Waals surface area (Å²) in [5, 5.41) is 23.8. The van der Waals surface area contributed by atoms with Crippen LogP contribution in [0.4, 0.5) is 5.69 Å². The molecule has 2 aromatic carbocycles. The van der Waals surface area contributed by atoms with Crippen molar-refractivity contribution in [2.45, 2.75) is 13.0 Å². The van der Waals surface area contributed by atoms with Gasteiger partial charge in [-0.25, -0.2) is 0 Å². The second-order valence-corrected chi connectivity index (χ2v) is 8.44. The third kappa shape index (κ3) is 3.56. The van der Waals surface area contributed by atoms with Crippen molar-refractivity contribution in [3.8, 4) is 11.5 Å². The molecule has 0 bridgehead atoms. The van der Waals surface area contributed by atoms with Gasteiger partial charge in [-0.1, -0.05) is 23.7 Å². The molecule has 2 heterocycles. The number of carbonyl (C=O) groups excluding carboxylic acids is 2. The molecule has 4 rings (SSSR count). The van der Waals surface area contributed by atoms with E-state index in [-0.39, 0.29) is 22.6 Å². The van der Waals surface area contributed by atoms with Crippen molar-refractivity contribution >= 4 is 46.1 Å². The van der Waals surface area contributed by atoms with E-state index >= 15 is 0 Å². The normalized spacial score (nSPS) is 17.9. The number of ketones is 1. The number of nitrogens with zero attached hydrogens (tertiary/aromatic N) is 1. The van der Waals surface area contributed by atoms with Crippen LogP contribution in [0.15, 0.2) is 59.5 Å². The van der Waals surface area contributed by atoms with Crippen molar-refractivity contribution in [1.29, 1.82) is 0 Å². The van der Waals surface area contributed by atoms with Gasteiger partial charge in [0.05, 0.1) is 23.9 Å². The van der Waals surface area contributed by atoms with Gasteiger partial charge in [0.15, 0.2) is 0 Å². The number of hydrogen-bond donors (Lipinski definition) is 2. The predicted octanol–water partition coefficient (Wildman–Crippen LogP) is 5.05. The highest BCUT2D eigenvalue weighted by Gasteiger charge is 2.48. The summed E-state index contributed by atoms with van der Waals surface area (Å²) in [5.41, 5.74) is 1.09. The average Bonchev–Trinajstić information content (AvgIpc) is 3.36. The Bertz CT molecular complexity index is 1220. The Kier molecular flexibility index (Phi) is 5.47. The lowest BCUT2D eigenvalue weighted by Crippen LogP contribution is -2.29. The molecule has 0 spiro atoms. The number of halogens is 1. The second kappa shape index (κ2) is 8.09. The standard InChI is InChI=1S/C23H18ClNO5S/c1-12-5-7-16(26)15(10-12)25-20(18-4-3-9-31-18)19(22(28)23(25)29)21(27)14-11-13(24)6-8-17(14)30-2/h3-11,20,26-27H,1-2H3/b21-19-. The lowest BCUT2D eigenvalue weighted by Gasteiger charge is -2.25. The van der Waals surface area contributed by atoms with Gasteiger partial charge in [0.1, 0.15) is 23.3 Å². The fraction of sp³-hybridized carbons (Fsp3) is 0.130. The molecule has 1 amide bonds. The number of aryl methyl sites for hydroxylation is 1. The molecule has 1 aliphatic heterocycles. The zero-order valence-electron chi connectivity index (χ0n) is 16.6. The van der Waals surface area contributed by atoms with Gasteiger partial charge in [0, 0.05) is 9.90 Å². The second-order valence-electron chi connectivity index (χ2n) is 7.02. The summed E-state index contributed by atoms with van der Waals surface area (Å²) in [7, 11) is 1.43. The number of amides is 1. The van der Waals surface area contributed by atoms with Crippen molar-refractivity contribution < 1.29 is 24.5 Å². The molecule has 1 unspecified atom stereocenters. The number of ether oxygens (including phenoxy) is 1. The highest BCUT2D eigenvalue weighted by atomic mass is 35.5. The van der Waals surface area contributed by atoms with Crippen LogP contribution < -0.4 is 9.64 Å². The number of phenolic OH excluding ortho intramolecular Hbond substituents is 1. The molecule has 158 valence electrons. The summed E-state index contributed by atoms with van der Waals surface area (Å²) < 4.78 is 5.32. The number of anilines is 1. The van der Waals surface area contributed by atoms with Crippen molar-refractivity contribution in [2.24, 2.45) is 0 Å². The molecule has 1 aromatic heterocycles. The summed E-state index contributed by atoms with van der Waals surface area (Å²) in [6, 6.07) is 12.1. The number of aliphatic hydroxyl groups is 1. The number of aliphatic hydroxyl groups excluding tert-OH is 1. The maximum absolute atomic E-state index is 13.1. The summed E-state index contributed by atoms with van der Waals surface area (Å²) in [6.07, 6.45) is 0. The molecule has 2 N–H and O–H groups in total. The Morgan fingerprint density at radius 3 is 2.61 bits per heavy atom. The van der Waals surface area contributed by atoms with Crippen molar-refractivity contribution in [1.82, 2.24) is 0 Å². The van der Waals surface area contributed by atoms with Crippen LogP contribution in [-0.4, -0.2) is 29.0 Å². The van der Waals surface area contributed by atoms with Crippen LogP contribution in [0, 0.1) is 6.92 Å². The van der Waals surface area contributed by atoms with E-state index < -0.39 is 23.5 Å². The summed E-state index contributed by atoms with van der Waals surface area (Å²) in [5.74, 6) is -1.95. The molecule has 31 heavy (non-hydrogen) atoms. The van der Waals surface area contributed by atoms with Crippen LogP contribution >= 0.6 is 22.9 Å². The van der Waals surface area contributed by atoms with Crippen LogP contribution in [0.1, 0.15) is 22.0 Å². The number of hydrogen-bond acceptors (Lipinski definition) is 6. The fourth-order valence-electron chi connectivity index (χ4n) is 3.63. The number of benzene rings is 2. The predicted molar refractivity (Wildman–Crippen MR) is 120 cm³/mol. The first-order chi connectivity index (χ1) is 14.8. The van der Waals surface area contributed by atoms with Crippen LogP contribution in [0.3, 0.4) is 0 Å². The maximum Gasteiger partial charge on any atom is 0.300 e. The Labute approximate surface area is 187 Å². The van der Waals surface area contributed by atoms with Gasteiger partial charge >= 0.3 is 0 Å². The highest BCUT2D eigenvalue weighted by molar-refractivity contribution is 7.10. The first kappa shape index (κ1) is 21.0. The SMILES string of the molecule is COc1ccc(Cl)cc1/C(O)=C1/C(=O)C(=O)N(c2cc(C)ccc2O)C1c1cccs1. The molecule has 1 aliphatic rings. The van der Waals surface area contributed by atoms with E-state index in [0.717, 1.165) is 5.56 Å². The van der Waals surface area contributed by atoms with Gasteiger partial charge in [-0.15, -0.1) is 11.3 Å². The van der Waals surface area contributed by atoms with Crippen molar-refractivity contribution in [2.75, 3.05) is 12.0 Å². The number of thiophene rings is 1. The lowest BCUT2D eigenvalue weighted by molar-refractivity contribution is -0.132. The van der Waals surface area contributed by atoms with E-state index in [0.29, 0.717) is 15.6 Å². The molecule has 0 saturated carbocycles. The Balaban J connectivity index is 1.99. The van der Waals surface area contributed by atoms with Crippen LogP contribution in [0.5, 0.6) is 11.5 Å². The van der Waals surface area contributed by atoms with Crippen LogP contribution in [0.2, 0.25) is 5.02 Å². The maximum atomic E-state index is 13.1. The number of Topliss-reactive ketones (excluding diaryl/α,β-unsaturated/α-hetero) is 1. The minimum atomic E-state index is -0.920. The largest absolute Gasteiger partial charge is 0.507 e. The molecule has 0 radical (unpaired) electrons. The molecule has 0 aliphatic carbocycles.